The first-order valence-corrected chi connectivity index (χ1v) is 3.47. The van der Waals surface area contributed by atoms with Crippen molar-refractivity contribution in [2.75, 3.05) is 5.73 Å². The van der Waals surface area contributed by atoms with Crippen molar-refractivity contribution in [3.05, 3.63) is 24.0 Å². The highest BCUT2D eigenvalue weighted by Gasteiger charge is 1.99. The molecule has 0 saturated heterocycles. The zero-order valence-electron chi connectivity index (χ0n) is 6.26. The Morgan fingerprint density at radius 2 is 2.36 bits per heavy atom. The van der Waals surface area contributed by atoms with Crippen LogP contribution in [-0.2, 0) is 0 Å². The highest BCUT2D eigenvalue weighted by atomic mass is 14.8. The third-order valence-electron chi connectivity index (χ3n) is 1.71. The molecule has 0 radical (unpaired) electrons. The largest absolute Gasteiger partial charge is 0.383 e. The molecule has 2 aromatic heterocycles. The predicted molar refractivity (Wildman–Crippen MR) is 45.2 cm³/mol. The average molecular weight is 147 g/mol. The van der Waals surface area contributed by atoms with Crippen LogP contribution in [0.25, 0.3) is 10.9 Å². The highest BCUT2D eigenvalue weighted by Crippen LogP contribution is 2.18. The summed E-state index contributed by atoms with van der Waals surface area (Å²) in [5, 5.41) is 1.00. The van der Waals surface area contributed by atoms with E-state index in [1.807, 2.05) is 19.1 Å². The van der Waals surface area contributed by atoms with Crippen molar-refractivity contribution in [2.45, 2.75) is 6.92 Å². The summed E-state index contributed by atoms with van der Waals surface area (Å²) >= 11 is 0. The molecule has 0 aromatic carbocycles. The summed E-state index contributed by atoms with van der Waals surface area (Å²) in [6.45, 7) is 2.00. The van der Waals surface area contributed by atoms with Crippen molar-refractivity contribution in [3.63, 3.8) is 0 Å². The fourth-order valence-corrected chi connectivity index (χ4v) is 1.22. The second-order valence-corrected chi connectivity index (χ2v) is 2.61. The maximum Gasteiger partial charge on any atom is 0.132 e. The third kappa shape index (κ3) is 0.852. The molecule has 0 unspecified atom stereocenters. The van der Waals surface area contributed by atoms with Gasteiger partial charge in [0.1, 0.15) is 5.82 Å². The van der Waals surface area contributed by atoms with E-state index >= 15 is 0 Å². The average Bonchev–Trinajstić information content (AvgIpc) is 2.31. The van der Waals surface area contributed by atoms with E-state index in [4.69, 9.17) is 5.73 Å². The van der Waals surface area contributed by atoms with Gasteiger partial charge in [-0.2, -0.15) is 0 Å². The van der Waals surface area contributed by atoms with Gasteiger partial charge in [0.2, 0.25) is 0 Å². The van der Waals surface area contributed by atoms with Crippen LogP contribution in [0.4, 0.5) is 5.82 Å². The number of nitrogens with two attached hydrogens (primary N) is 1. The van der Waals surface area contributed by atoms with E-state index in [0.29, 0.717) is 5.82 Å². The predicted octanol–water partition coefficient (Wildman–Crippen LogP) is 1.45. The Hall–Kier alpha value is -1.51. The van der Waals surface area contributed by atoms with E-state index in [9.17, 15) is 0 Å². The van der Waals surface area contributed by atoms with Crippen LogP contribution in [0.2, 0.25) is 0 Å². The van der Waals surface area contributed by atoms with Gasteiger partial charge < -0.3 is 10.7 Å². The monoisotopic (exact) mass is 147 g/mol. The Kier molecular flexibility index (Phi) is 1.12. The molecule has 0 bridgehead atoms. The van der Waals surface area contributed by atoms with Gasteiger partial charge in [-0.3, -0.25) is 0 Å². The van der Waals surface area contributed by atoms with Crippen molar-refractivity contribution in [3.8, 4) is 0 Å². The number of aromatic amines is 1. The summed E-state index contributed by atoms with van der Waals surface area (Å²) in [5.74, 6) is 0.590. The number of nitrogen functional groups attached to an aromatic ring is 1. The molecule has 56 valence electrons. The molecule has 11 heavy (non-hydrogen) atoms. The molecule has 0 fully saturated rings. The maximum absolute atomic E-state index is 5.64. The number of anilines is 1. The first-order valence-electron chi connectivity index (χ1n) is 3.47. The third-order valence-corrected chi connectivity index (χ3v) is 1.71. The van der Waals surface area contributed by atoms with Gasteiger partial charge in [-0.15, -0.1) is 0 Å². The lowest BCUT2D eigenvalue weighted by atomic mass is 10.3. The van der Waals surface area contributed by atoms with Crippen LogP contribution in [0.1, 0.15) is 5.69 Å². The summed E-state index contributed by atoms with van der Waals surface area (Å²) in [6, 6.07) is 3.91. The molecule has 0 saturated carbocycles. The SMILES string of the molecule is Cc1cc2c(N)nccc2[nH]1. The first-order chi connectivity index (χ1) is 5.27. The van der Waals surface area contributed by atoms with Gasteiger partial charge in [-0.1, -0.05) is 0 Å². The summed E-state index contributed by atoms with van der Waals surface area (Å²) in [4.78, 5) is 7.16. The van der Waals surface area contributed by atoms with Gasteiger partial charge in [0.05, 0.1) is 5.52 Å². The van der Waals surface area contributed by atoms with E-state index < -0.39 is 0 Å². The van der Waals surface area contributed by atoms with E-state index in [1.54, 1.807) is 6.20 Å². The Morgan fingerprint density at radius 1 is 1.55 bits per heavy atom. The van der Waals surface area contributed by atoms with Crippen LogP contribution in [0, 0.1) is 6.92 Å². The molecule has 2 rings (SSSR count). The molecule has 2 aromatic rings. The number of nitrogens with one attached hydrogen (secondary N) is 1. The quantitative estimate of drug-likeness (QED) is 0.592. The number of H-pyrrole nitrogens is 1. The number of hydrogen-bond donors (Lipinski definition) is 2. The first kappa shape index (κ1) is 6.22. The number of pyridine rings is 1. The fraction of sp³-hybridized carbons (Fsp3) is 0.125. The minimum atomic E-state index is 0.590. The second-order valence-electron chi connectivity index (χ2n) is 2.61. The molecule has 3 N–H and O–H groups in total. The summed E-state index contributed by atoms with van der Waals surface area (Å²) in [6.07, 6.45) is 1.70. The molecule has 3 heteroatoms. The molecule has 2 heterocycles. The summed E-state index contributed by atoms with van der Waals surface area (Å²) < 4.78 is 0. The lowest BCUT2D eigenvalue weighted by Crippen LogP contribution is -1.88. The highest BCUT2D eigenvalue weighted by molar-refractivity contribution is 5.89. The number of nitrogens with zero attached hydrogens (tertiary/aromatic N) is 1. The van der Waals surface area contributed by atoms with E-state index in [0.717, 1.165) is 16.6 Å². The lowest BCUT2D eigenvalue weighted by molar-refractivity contribution is 1.29. The van der Waals surface area contributed by atoms with Gasteiger partial charge in [0.15, 0.2) is 0 Å². The minimum absolute atomic E-state index is 0.590. The molecule has 0 aliphatic carbocycles. The second kappa shape index (κ2) is 1.99. The molecule has 0 amide bonds. The van der Waals surface area contributed by atoms with Crippen molar-refractivity contribution in [1.82, 2.24) is 9.97 Å². The Labute approximate surface area is 64.2 Å². The van der Waals surface area contributed by atoms with Crippen LogP contribution < -0.4 is 5.73 Å². The number of aryl methyl sites for hydroxylation is 1. The van der Waals surface area contributed by atoms with E-state index in [1.165, 1.54) is 0 Å². The zero-order valence-corrected chi connectivity index (χ0v) is 6.26. The Balaban J connectivity index is 2.90. The van der Waals surface area contributed by atoms with Gasteiger partial charge >= 0.3 is 0 Å². The van der Waals surface area contributed by atoms with E-state index in [-0.39, 0.29) is 0 Å². The molecule has 3 nitrogen and oxygen atoms in total. The Morgan fingerprint density at radius 3 is 3.09 bits per heavy atom. The van der Waals surface area contributed by atoms with Crippen LogP contribution in [0.15, 0.2) is 18.3 Å². The normalized spacial score (nSPS) is 10.6. The lowest BCUT2D eigenvalue weighted by Gasteiger charge is -1.91. The molecule has 0 aliphatic rings. The molecule has 0 atom stereocenters. The molecule has 0 aliphatic heterocycles. The van der Waals surface area contributed by atoms with Crippen LogP contribution in [0.3, 0.4) is 0 Å². The van der Waals surface area contributed by atoms with Crippen molar-refractivity contribution in [2.24, 2.45) is 0 Å². The van der Waals surface area contributed by atoms with Crippen LogP contribution >= 0.6 is 0 Å². The molecule has 0 spiro atoms. The summed E-state index contributed by atoms with van der Waals surface area (Å²) in [7, 11) is 0. The molecular formula is C8H9N3. The maximum atomic E-state index is 5.64. The summed E-state index contributed by atoms with van der Waals surface area (Å²) in [5.41, 5.74) is 7.80. The number of fused-ring (bicyclic) bond motifs is 1. The van der Waals surface area contributed by atoms with Gasteiger partial charge in [0.25, 0.3) is 0 Å². The van der Waals surface area contributed by atoms with E-state index in [2.05, 4.69) is 9.97 Å². The topological polar surface area (TPSA) is 54.7 Å². The number of rotatable bonds is 0. The molecular weight excluding hydrogens is 138 g/mol. The zero-order chi connectivity index (χ0) is 7.84. The fourth-order valence-electron chi connectivity index (χ4n) is 1.22. The van der Waals surface area contributed by atoms with Crippen molar-refractivity contribution in [1.29, 1.82) is 0 Å². The Bertz CT molecular complexity index is 389. The number of aromatic nitrogens is 2. The number of hydrogen-bond acceptors (Lipinski definition) is 2. The van der Waals surface area contributed by atoms with Crippen molar-refractivity contribution < 1.29 is 0 Å². The minimum Gasteiger partial charge on any atom is -0.383 e. The van der Waals surface area contributed by atoms with Crippen molar-refractivity contribution >= 4 is 16.7 Å². The smallest absolute Gasteiger partial charge is 0.132 e. The van der Waals surface area contributed by atoms with Crippen LogP contribution in [-0.4, -0.2) is 9.97 Å². The van der Waals surface area contributed by atoms with Gasteiger partial charge in [-0.25, -0.2) is 4.98 Å². The standard InChI is InChI=1S/C8H9N3/c1-5-4-6-7(11-5)2-3-10-8(6)9/h2-4,11H,1H3,(H2,9,10). The van der Waals surface area contributed by atoms with Gasteiger partial charge in [-0.05, 0) is 19.1 Å². The van der Waals surface area contributed by atoms with Gasteiger partial charge in [0, 0.05) is 17.3 Å². The van der Waals surface area contributed by atoms with Crippen LogP contribution in [0.5, 0.6) is 0 Å².